The fraction of sp³-hybridized carbons (Fsp3) is 0.765. The van der Waals surface area contributed by atoms with E-state index in [9.17, 15) is 14.7 Å². The summed E-state index contributed by atoms with van der Waals surface area (Å²) in [6, 6.07) is -0.391. The molecule has 1 aliphatic rings. The van der Waals surface area contributed by atoms with Gasteiger partial charge in [0.2, 0.25) is 5.91 Å². The number of amides is 1. The molecule has 0 heterocycles. The highest BCUT2D eigenvalue weighted by molar-refractivity contribution is 5.79. The van der Waals surface area contributed by atoms with E-state index in [0.29, 0.717) is 19.3 Å². The second-order valence-corrected chi connectivity index (χ2v) is 7.45. The van der Waals surface area contributed by atoms with Crippen LogP contribution in [0.4, 0.5) is 0 Å². The Kier molecular flexibility index (Phi) is 6.17. The molecule has 1 amide bonds. The highest BCUT2D eigenvalue weighted by Crippen LogP contribution is 2.29. The molecule has 0 aromatic heterocycles. The molecule has 1 aliphatic carbocycles. The van der Waals surface area contributed by atoms with E-state index in [1.54, 1.807) is 0 Å². The van der Waals surface area contributed by atoms with E-state index < -0.39 is 17.7 Å². The van der Waals surface area contributed by atoms with Crippen LogP contribution in [0.1, 0.15) is 53.9 Å². The van der Waals surface area contributed by atoms with E-state index in [-0.39, 0.29) is 23.7 Å². The molecule has 0 spiro atoms. The Bertz CT molecular complexity index is 438. The third-order valence-corrected chi connectivity index (χ3v) is 3.70. The van der Waals surface area contributed by atoms with Crippen LogP contribution in [0.3, 0.4) is 0 Å². The maximum Gasteiger partial charge on any atom is 0.309 e. The van der Waals surface area contributed by atoms with Crippen LogP contribution in [0.25, 0.3) is 0 Å². The predicted octanol–water partition coefficient (Wildman–Crippen LogP) is 2.19. The zero-order valence-corrected chi connectivity index (χ0v) is 14.3. The minimum Gasteiger partial charge on any atom is -0.460 e. The van der Waals surface area contributed by atoms with Crippen molar-refractivity contribution in [1.82, 2.24) is 5.32 Å². The predicted molar refractivity (Wildman–Crippen MR) is 85.1 cm³/mol. The molecule has 5 nitrogen and oxygen atoms in total. The first-order valence-electron chi connectivity index (χ1n) is 7.85. The van der Waals surface area contributed by atoms with E-state index in [4.69, 9.17) is 4.74 Å². The van der Waals surface area contributed by atoms with Crippen molar-refractivity contribution in [2.75, 3.05) is 0 Å². The number of aliphatic hydroxyl groups is 1. The number of nitrogens with one attached hydrogen (secondary N) is 1. The number of ether oxygens (including phenoxy) is 1. The van der Waals surface area contributed by atoms with Gasteiger partial charge in [0.15, 0.2) is 0 Å². The molecule has 126 valence electrons. The van der Waals surface area contributed by atoms with Gasteiger partial charge in [-0.3, -0.25) is 9.59 Å². The van der Waals surface area contributed by atoms with Gasteiger partial charge in [-0.1, -0.05) is 12.5 Å². The standard InChI is InChI=1S/C17H29NO4/c1-10(2)7-11(3)15(20)18-13-8-12(9-14(13)19)16(21)22-17(4,5)6/h11-14,19H,1,7-9H2,2-6H3,(H,18,20). The summed E-state index contributed by atoms with van der Waals surface area (Å²) < 4.78 is 5.35. The zero-order chi connectivity index (χ0) is 17.1. The molecule has 1 saturated carbocycles. The van der Waals surface area contributed by atoms with Crippen molar-refractivity contribution >= 4 is 11.9 Å². The average Bonchev–Trinajstić information content (AvgIpc) is 2.68. The molecule has 0 aliphatic heterocycles. The minimum absolute atomic E-state index is 0.114. The second-order valence-electron chi connectivity index (χ2n) is 7.45. The fourth-order valence-electron chi connectivity index (χ4n) is 2.69. The molecule has 5 heteroatoms. The van der Waals surface area contributed by atoms with Crippen LogP contribution in [-0.4, -0.2) is 34.7 Å². The van der Waals surface area contributed by atoms with Gasteiger partial charge in [-0.15, -0.1) is 6.58 Å². The summed E-state index contributed by atoms with van der Waals surface area (Å²) in [7, 11) is 0. The van der Waals surface area contributed by atoms with Crippen LogP contribution < -0.4 is 5.32 Å². The molecule has 4 atom stereocenters. The average molecular weight is 311 g/mol. The Labute approximate surface area is 133 Å². The number of allylic oxidation sites excluding steroid dienone is 1. The number of rotatable bonds is 5. The first kappa shape index (κ1) is 18.7. The van der Waals surface area contributed by atoms with Crippen molar-refractivity contribution in [3.05, 3.63) is 12.2 Å². The molecule has 0 bridgehead atoms. The van der Waals surface area contributed by atoms with Crippen molar-refractivity contribution < 1.29 is 19.4 Å². The number of carbonyl (C=O) groups is 2. The van der Waals surface area contributed by atoms with Crippen LogP contribution in [0.2, 0.25) is 0 Å². The summed E-state index contributed by atoms with van der Waals surface area (Å²) in [6.45, 7) is 13.0. The lowest BCUT2D eigenvalue weighted by Crippen LogP contribution is -2.42. The summed E-state index contributed by atoms with van der Waals surface area (Å²) in [5.41, 5.74) is 0.403. The van der Waals surface area contributed by atoms with E-state index in [2.05, 4.69) is 11.9 Å². The zero-order valence-electron chi connectivity index (χ0n) is 14.3. The third-order valence-electron chi connectivity index (χ3n) is 3.70. The molecule has 1 fully saturated rings. The van der Waals surface area contributed by atoms with Gasteiger partial charge >= 0.3 is 5.97 Å². The number of hydrogen-bond donors (Lipinski definition) is 2. The molecule has 2 N–H and O–H groups in total. The highest BCUT2D eigenvalue weighted by atomic mass is 16.6. The molecule has 1 rings (SSSR count). The lowest BCUT2D eigenvalue weighted by Gasteiger charge is -2.22. The van der Waals surface area contributed by atoms with Crippen molar-refractivity contribution in [3.63, 3.8) is 0 Å². The van der Waals surface area contributed by atoms with Gasteiger partial charge < -0.3 is 15.2 Å². The monoisotopic (exact) mass is 311 g/mol. The summed E-state index contributed by atoms with van der Waals surface area (Å²) in [5, 5.41) is 12.9. The smallest absolute Gasteiger partial charge is 0.309 e. The van der Waals surface area contributed by atoms with Crippen molar-refractivity contribution in [2.24, 2.45) is 11.8 Å². The molecule has 0 radical (unpaired) electrons. The summed E-state index contributed by atoms with van der Waals surface area (Å²) in [4.78, 5) is 24.2. The Morgan fingerprint density at radius 3 is 2.45 bits per heavy atom. The maximum atomic E-state index is 12.1. The van der Waals surface area contributed by atoms with E-state index >= 15 is 0 Å². The number of hydrogen-bond acceptors (Lipinski definition) is 4. The van der Waals surface area contributed by atoms with Crippen LogP contribution in [0.5, 0.6) is 0 Å². The Morgan fingerprint density at radius 2 is 1.95 bits per heavy atom. The molecule has 4 unspecified atom stereocenters. The topological polar surface area (TPSA) is 75.6 Å². The van der Waals surface area contributed by atoms with Gasteiger partial charge in [0.05, 0.1) is 18.1 Å². The van der Waals surface area contributed by atoms with Crippen LogP contribution in [-0.2, 0) is 14.3 Å². The summed E-state index contributed by atoms with van der Waals surface area (Å²) >= 11 is 0. The van der Waals surface area contributed by atoms with Crippen molar-refractivity contribution in [2.45, 2.75) is 71.6 Å². The van der Waals surface area contributed by atoms with E-state index in [1.807, 2.05) is 34.6 Å². The van der Waals surface area contributed by atoms with Crippen LogP contribution in [0, 0.1) is 11.8 Å². The van der Waals surface area contributed by atoms with Crippen molar-refractivity contribution in [3.8, 4) is 0 Å². The van der Waals surface area contributed by atoms with Crippen molar-refractivity contribution in [1.29, 1.82) is 0 Å². The molecule has 0 saturated heterocycles. The van der Waals surface area contributed by atoms with E-state index in [1.165, 1.54) is 0 Å². The summed E-state index contributed by atoms with van der Waals surface area (Å²) in [6.07, 6.45) is 0.652. The Morgan fingerprint density at radius 1 is 1.36 bits per heavy atom. The van der Waals surface area contributed by atoms with E-state index in [0.717, 1.165) is 5.57 Å². The number of carbonyl (C=O) groups excluding carboxylic acids is 2. The Hall–Kier alpha value is -1.36. The normalized spacial score (nSPS) is 26.4. The molecule has 0 aromatic rings. The fourth-order valence-corrected chi connectivity index (χ4v) is 2.69. The molecule has 22 heavy (non-hydrogen) atoms. The SMILES string of the molecule is C=C(C)CC(C)C(=O)NC1CC(C(=O)OC(C)(C)C)CC1O. The lowest BCUT2D eigenvalue weighted by atomic mass is 10.0. The first-order chi connectivity index (χ1) is 9.99. The van der Waals surface area contributed by atoms with Gasteiger partial charge in [0.1, 0.15) is 5.60 Å². The largest absolute Gasteiger partial charge is 0.460 e. The van der Waals surface area contributed by atoms with Crippen LogP contribution in [0.15, 0.2) is 12.2 Å². The van der Waals surface area contributed by atoms with Gasteiger partial charge in [0, 0.05) is 5.92 Å². The van der Waals surface area contributed by atoms with Gasteiger partial charge in [0.25, 0.3) is 0 Å². The number of aliphatic hydroxyl groups excluding tert-OH is 1. The maximum absolute atomic E-state index is 12.1. The van der Waals surface area contributed by atoms with Gasteiger partial charge in [-0.2, -0.15) is 0 Å². The van der Waals surface area contributed by atoms with Crippen LogP contribution >= 0.6 is 0 Å². The highest BCUT2D eigenvalue weighted by Gasteiger charge is 2.39. The quantitative estimate of drug-likeness (QED) is 0.603. The van der Waals surface area contributed by atoms with Gasteiger partial charge in [-0.25, -0.2) is 0 Å². The Balaban J connectivity index is 2.55. The molecular weight excluding hydrogens is 282 g/mol. The second kappa shape index (κ2) is 7.27. The number of esters is 1. The molecular formula is C17H29NO4. The third kappa shape index (κ3) is 5.79. The first-order valence-corrected chi connectivity index (χ1v) is 7.85. The summed E-state index contributed by atoms with van der Waals surface area (Å²) in [5.74, 6) is -0.976. The molecule has 0 aromatic carbocycles. The minimum atomic E-state index is -0.710. The lowest BCUT2D eigenvalue weighted by molar-refractivity contribution is -0.160. The van der Waals surface area contributed by atoms with Gasteiger partial charge in [-0.05, 0) is 47.0 Å².